The maximum Gasteiger partial charge on any atom is 0.0675 e. The molecule has 1 aliphatic carbocycles. The van der Waals surface area contributed by atoms with Gasteiger partial charge in [-0.3, -0.25) is 0 Å². The molecule has 1 heterocycles. The molecule has 2 aliphatic rings. The van der Waals surface area contributed by atoms with Gasteiger partial charge >= 0.3 is 0 Å². The monoisotopic (exact) mass is 225 g/mol. The van der Waals surface area contributed by atoms with E-state index in [1.54, 1.807) is 0 Å². The summed E-state index contributed by atoms with van der Waals surface area (Å²) in [6.07, 6.45) is 8.11. The maximum atomic E-state index is 2.48. The Morgan fingerprint density at radius 1 is 1.27 bits per heavy atom. The van der Waals surface area contributed by atoms with Gasteiger partial charge in [-0.2, -0.15) is 0 Å². The summed E-state index contributed by atoms with van der Waals surface area (Å²) in [6.45, 7) is 6.06. The maximum absolute atomic E-state index is 2.48. The van der Waals surface area contributed by atoms with Crippen molar-refractivity contribution >= 4 is 11.8 Å². The molecule has 0 amide bonds. The second kappa shape index (κ2) is 5.29. The van der Waals surface area contributed by atoms with Gasteiger partial charge in [0, 0.05) is 12.7 Å². The zero-order valence-electron chi connectivity index (χ0n) is 9.98. The Morgan fingerprint density at radius 2 is 2.00 bits per heavy atom. The van der Waals surface area contributed by atoms with Crippen LogP contribution in [0.2, 0.25) is 0 Å². The van der Waals surface area contributed by atoms with Crippen LogP contribution < -0.4 is 0 Å². The molecule has 0 saturated heterocycles. The third-order valence-corrected chi connectivity index (χ3v) is 4.73. The summed E-state index contributed by atoms with van der Waals surface area (Å²) in [5.74, 6) is 4.05. The van der Waals surface area contributed by atoms with Gasteiger partial charge in [0.2, 0.25) is 0 Å². The van der Waals surface area contributed by atoms with Gasteiger partial charge in [0.05, 0.1) is 5.88 Å². The first kappa shape index (κ1) is 11.4. The third-order valence-electron chi connectivity index (χ3n) is 3.94. The summed E-state index contributed by atoms with van der Waals surface area (Å²) in [6, 6.07) is 0. The van der Waals surface area contributed by atoms with Crippen LogP contribution in [-0.2, 0) is 0 Å². The van der Waals surface area contributed by atoms with Crippen LogP contribution in [0, 0.1) is 17.8 Å². The van der Waals surface area contributed by atoms with Gasteiger partial charge in [-0.25, -0.2) is 0 Å². The average Bonchev–Trinajstić information content (AvgIpc) is 2.71. The predicted octanol–water partition coefficient (Wildman–Crippen LogP) is 3.93. The summed E-state index contributed by atoms with van der Waals surface area (Å²) in [7, 11) is 0. The largest absolute Gasteiger partial charge is 0.367 e. The molecule has 1 nitrogen and oxygen atoms in total. The molecule has 2 heteroatoms. The lowest BCUT2D eigenvalue weighted by atomic mass is 9.77. The van der Waals surface area contributed by atoms with Crippen molar-refractivity contribution in [1.29, 1.82) is 0 Å². The van der Waals surface area contributed by atoms with Crippen LogP contribution in [0.4, 0.5) is 0 Å². The third kappa shape index (κ3) is 3.17. The van der Waals surface area contributed by atoms with E-state index in [2.05, 4.69) is 30.4 Å². The van der Waals surface area contributed by atoms with Crippen molar-refractivity contribution in [2.75, 3.05) is 12.4 Å². The molecule has 0 bridgehead atoms. The van der Waals surface area contributed by atoms with Crippen LogP contribution >= 0.6 is 11.8 Å². The Hall–Kier alpha value is -0.110. The zero-order chi connectivity index (χ0) is 10.7. The lowest BCUT2D eigenvalue weighted by Gasteiger charge is -2.32. The first-order valence-corrected chi connectivity index (χ1v) is 7.33. The fourth-order valence-corrected chi connectivity index (χ4v) is 3.52. The summed E-state index contributed by atoms with van der Waals surface area (Å²) < 4.78 is 0. The van der Waals surface area contributed by atoms with Crippen LogP contribution in [-0.4, -0.2) is 17.3 Å². The highest BCUT2D eigenvalue weighted by Crippen LogP contribution is 2.34. The molecule has 0 unspecified atom stereocenters. The van der Waals surface area contributed by atoms with Gasteiger partial charge < -0.3 is 4.90 Å². The highest BCUT2D eigenvalue weighted by molar-refractivity contribution is 8.02. The summed E-state index contributed by atoms with van der Waals surface area (Å²) in [5, 5.41) is 2.22. The Bertz CT molecular complexity index is 217. The molecule has 0 atom stereocenters. The number of thioether (sulfide) groups is 1. The van der Waals surface area contributed by atoms with E-state index in [0.29, 0.717) is 0 Å². The van der Waals surface area contributed by atoms with Crippen LogP contribution in [0.15, 0.2) is 11.6 Å². The topological polar surface area (TPSA) is 3.24 Å². The molecule has 0 spiro atoms. The first-order valence-electron chi connectivity index (χ1n) is 6.28. The Kier molecular flexibility index (Phi) is 4.01. The molecule has 1 fully saturated rings. The summed E-state index contributed by atoms with van der Waals surface area (Å²) in [5.41, 5.74) is 0. The molecule has 0 aromatic heterocycles. The quantitative estimate of drug-likeness (QED) is 0.716. The van der Waals surface area contributed by atoms with Crippen molar-refractivity contribution in [1.82, 2.24) is 4.90 Å². The lowest BCUT2D eigenvalue weighted by molar-refractivity contribution is 0.198. The van der Waals surface area contributed by atoms with E-state index in [9.17, 15) is 0 Å². The van der Waals surface area contributed by atoms with Crippen molar-refractivity contribution < 1.29 is 0 Å². The number of hydrogen-bond acceptors (Lipinski definition) is 2. The van der Waals surface area contributed by atoms with Gasteiger partial charge in [-0.1, -0.05) is 13.8 Å². The van der Waals surface area contributed by atoms with Crippen LogP contribution in [0.3, 0.4) is 0 Å². The van der Waals surface area contributed by atoms with E-state index >= 15 is 0 Å². The molecule has 2 rings (SSSR count). The van der Waals surface area contributed by atoms with Crippen molar-refractivity contribution in [2.45, 2.75) is 39.5 Å². The van der Waals surface area contributed by atoms with E-state index in [1.165, 1.54) is 38.1 Å². The normalized spacial score (nSPS) is 31.5. The van der Waals surface area contributed by atoms with E-state index in [-0.39, 0.29) is 0 Å². The molecular formula is C13H23NS. The average molecular weight is 225 g/mol. The fourth-order valence-electron chi connectivity index (χ4n) is 2.79. The van der Waals surface area contributed by atoms with Crippen LogP contribution in [0.1, 0.15) is 39.5 Å². The molecule has 86 valence electrons. The molecule has 0 N–H and O–H groups in total. The highest BCUT2D eigenvalue weighted by Gasteiger charge is 2.24. The van der Waals surface area contributed by atoms with E-state index in [0.717, 1.165) is 17.8 Å². The summed E-state index contributed by atoms with van der Waals surface area (Å²) >= 11 is 1.92. The fraction of sp³-hybridized carbons (Fsp3) is 0.846. The smallest absolute Gasteiger partial charge is 0.0675 e. The van der Waals surface area contributed by atoms with Crippen molar-refractivity contribution in [2.24, 2.45) is 17.8 Å². The van der Waals surface area contributed by atoms with Gasteiger partial charge in [0.15, 0.2) is 0 Å². The minimum absolute atomic E-state index is 0.896. The second-order valence-electron chi connectivity index (χ2n) is 5.38. The van der Waals surface area contributed by atoms with Crippen LogP contribution in [0.5, 0.6) is 0 Å². The van der Waals surface area contributed by atoms with Gasteiger partial charge in [-0.05, 0) is 48.8 Å². The molecule has 0 radical (unpaired) electrons. The number of hydrogen-bond donors (Lipinski definition) is 0. The summed E-state index contributed by atoms with van der Waals surface area (Å²) in [4.78, 5) is 2.48. The van der Waals surface area contributed by atoms with Gasteiger partial charge in [0.25, 0.3) is 0 Å². The SMILES string of the molecule is CC(C)C1CCC(CN2C=CSC2)CC1. The van der Waals surface area contributed by atoms with Crippen molar-refractivity contribution in [3.05, 3.63) is 11.6 Å². The lowest BCUT2D eigenvalue weighted by Crippen LogP contribution is -2.27. The molecular weight excluding hydrogens is 202 g/mol. The molecule has 1 aliphatic heterocycles. The Balaban J connectivity index is 1.71. The first-order chi connectivity index (χ1) is 7.25. The van der Waals surface area contributed by atoms with Gasteiger partial charge in [0.1, 0.15) is 0 Å². The second-order valence-corrected chi connectivity index (χ2v) is 6.24. The Labute approximate surface area is 98.3 Å². The standard InChI is InChI=1S/C13H23NS/c1-11(2)13-5-3-12(4-6-13)9-14-7-8-15-10-14/h7-8,11-13H,3-6,9-10H2,1-2H3. The Morgan fingerprint density at radius 3 is 2.53 bits per heavy atom. The zero-order valence-corrected chi connectivity index (χ0v) is 10.8. The van der Waals surface area contributed by atoms with E-state index < -0.39 is 0 Å². The number of nitrogens with zero attached hydrogens (tertiary/aromatic N) is 1. The minimum Gasteiger partial charge on any atom is -0.367 e. The van der Waals surface area contributed by atoms with Crippen molar-refractivity contribution in [3.8, 4) is 0 Å². The van der Waals surface area contributed by atoms with Gasteiger partial charge in [-0.15, -0.1) is 11.8 Å². The molecule has 15 heavy (non-hydrogen) atoms. The molecule has 1 saturated carbocycles. The molecule has 0 aromatic carbocycles. The minimum atomic E-state index is 0.896. The predicted molar refractivity (Wildman–Crippen MR) is 68.6 cm³/mol. The van der Waals surface area contributed by atoms with E-state index in [4.69, 9.17) is 0 Å². The highest BCUT2D eigenvalue weighted by atomic mass is 32.2. The molecule has 0 aromatic rings. The number of rotatable bonds is 3. The van der Waals surface area contributed by atoms with Crippen LogP contribution in [0.25, 0.3) is 0 Å². The van der Waals surface area contributed by atoms with E-state index in [1.807, 2.05) is 11.8 Å². The van der Waals surface area contributed by atoms with Crippen molar-refractivity contribution in [3.63, 3.8) is 0 Å².